The van der Waals surface area contributed by atoms with Crippen LogP contribution in [-0.4, -0.2) is 77.2 Å². The number of hydrogen-bond donors (Lipinski definition) is 2. The second kappa shape index (κ2) is 12.8. The van der Waals surface area contributed by atoms with Crippen LogP contribution in [-0.2, 0) is 28.7 Å². The molecule has 0 aromatic heterocycles. The Morgan fingerprint density at radius 2 is 1.70 bits per heavy atom. The van der Waals surface area contributed by atoms with Crippen molar-refractivity contribution in [3.05, 3.63) is 87.9 Å². The Balaban J connectivity index is 1.48. The number of anilines is 1. The maximum absolute atomic E-state index is 14.9. The van der Waals surface area contributed by atoms with Crippen LogP contribution in [0.25, 0.3) is 0 Å². The van der Waals surface area contributed by atoms with Crippen LogP contribution in [0.15, 0.2) is 71.2 Å². The summed E-state index contributed by atoms with van der Waals surface area (Å²) in [5.41, 5.74) is 1.66. The van der Waals surface area contributed by atoms with Gasteiger partial charge in [-0.1, -0.05) is 76.6 Å². The smallest absolute Gasteiger partial charge is 0.313 e. The fourth-order valence-corrected chi connectivity index (χ4v) is 8.24. The van der Waals surface area contributed by atoms with Gasteiger partial charge in [0, 0.05) is 29.7 Å². The first kappa shape index (κ1) is 32.2. The molecule has 0 saturated carbocycles. The van der Waals surface area contributed by atoms with E-state index in [-0.39, 0.29) is 32.0 Å². The summed E-state index contributed by atoms with van der Waals surface area (Å²) in [7, 11) is 0. The minimum atomic E-state index is -1.47. The van der Waals surface area contributed by atoms with Crippen molar-refractivity contribution in [2.75, 3.05) is 24.6 Å². The molecule has 5 bridgehead atoms. The summed E-state index contributed by atoms with van der Waals surface area (Å²) >= 11 is 3.58. The van der Waals surface area contributed by atoms with Crippen molar-refractivity contribution >= 4 is 45.3 Å². The molecule has 2 fully saturated rings. The van der Waals surface area contributed by atoms with E-state index in [1.807, 2.05) is 74.5 Å². The van der Waals surface area contributed by atoms with Gasteiger partial charge in [-0.15, -0.1) is 0 Å². The molecule has 2 saturated heterocycles. The summed E-state index contributed by atoms with van der Waals surface area (Å²) in [4.78, 5) is 59.4. The molecule has 2 aromatic rings. The maximum atomic E-state index is 14.9. The van der Waals surface area contributed by atoms with Crippen LogP contribution in [0.4, 0.5) is 5.69 Å². The zero-order chi connectivity index (χ0) is 32.7. The number of likely N-dealkylation sites (tertiary alicyclic amines) is 1. The minimum absolute atomic E-state index is 0.110. The number of aliphatic hydroxyl groups is 1. The van der Waals surface area contributed by atoms with Crippen molar-refractivity contribution in [1.29, 1.82) is 0 Å². The number of para-hydroxylation sites is 1. The van der Waals surface area contributed by atoms with Gasteiger partial charge in [0.05, 0.1) is 18.6 Å². The molecule has 2 N–H and O–H groups in total. The van der Waals surface area contributed by atoms with Crippen molar-refractivity contribution in [1.82, 2.24) is 10.2 Å². The van der Waals surface area contributed by atoms with Crippen LogP contribution in [0.2, 0.25) is 0 Å². The van der Waals surface area contributed by atoms with Crippen molar-refractivity contribution in [2.45, 2.75) is 63.5 Å². The SMILES string of the molecule is Cc1cccc(C)c1N1C/C=C\CCC(=O)N[C@H](C)[C@@H](c2ccccc2)OC(=O)[C@@H]2[C@H]3O[C@@]4(C=C3Br)[C@H](C1=O)N(CCO)C(=O)[C@@H]24. The third-order valence-corrected chi connectivity index (χ3v) is 10.1. The number of carbonyl (C=O) groups excluding carboxylic acids is 4. The van der Waals surface area contributed by atoms with Crippen LogP contribution in [0.3, 0.4) is 0 Å². The number of halogens is 1. The van der Waals surface area contributed by atoms with Crippen molar-refractivity contribution in [2.24, 2.45) is 11.8 Å². The molecule has 4 aliphatic heterocycles. The lowest BCUT2D eigenvalue weighted by Gasteiger charge is -2.36. The number of cyclic esters (lactones) is 1. The van der Waals surface area contributed by atoms with Gasteiger partial charge in [0.1, 0.15) is 29.8 Å². The molecule has 0 radical (unpaired) electrons. The number of benzene rings is 2. The van der Waals surface area contributed by atoms with Gasteiger partial charge in [0.25, 0.3) is 5.91 Å². The average Bonchev–Trinajstić information content (AvgIpc) is 3.61. The highest BCUT2D eigenvalue weighted by Gasteiger charge is 2.75. The Kier molecular flexibility index (Phi) is 8.93. The molecule has 7 atom stereocenters. The zero-order valence-electron chi connectivity index (χ0n) is 26.0. The molecule has 2 aromatic carbocycles. The van der Waals surface area contributed by atoms with Crippen LogP contribution < -0.4 is 10.2 Å². The molecular formula is C35H38BrN3O7. The molecule has 10 nitrogen and oxygen atoms in total. The van der Waals surface area contributed by atoms with Crippen LogP contribution in [0, 0.1) is 25.7 Å². The Morgan fingerprint density at radius 3 is 2.39 bits per heavy atom. The summed E-state index contributed by atoms with van der Waals surface area (Å²) in [5.74, 6) is -3.84. The maximum Gasteiger partial charge on any atom is 0.313 e. The summed E-state index contributed by atoms with van der Waals surface area (Å²) in [6.07, 6.45) is 4.40. The third kappa shape index (κ3) is 5.38. The van der Waals surface area contributed by atoms with Gasteiger partial charge in [0.15, 0.2) is 0 Å². The standard InChI is InChI=1S/C35H38BrN3O7/c1-20-11-10-12-21(2)28(20)38-16-9-5-8-15-25(41)37-22(3)29(23-13-6-4-7-14-23)45-34(44)26-27-32(42)39(17-18-40)31(33(38)43)35(27)19-24(36)30(26)46-35/h4-7,9-14,19,22,26-27,29-31,40H,8,15-18H2,1-3H3,(H,37,41)/b9-5-/t22-,26+,27-,29+,30+,31+,35-/m1/s1. The number of rotatable bonds is 4. The Morgan fingerprint density at radius 1 is 0.978 bits per heavy atom. The second-order valence-electron chi connectivity index (χ2n) is 12.4. The highest BCUT2D eigenvalue weighted by Crippen LogP contribution is 2.59. The molecule has 46 heavy (non-hydrogen) atoms. The lowest BCUT2D eigenvalue weighted by atomic mass is 9.74. The summed E-state index contributed by atoms with van der Waals surface area (Å²) in [6.45, 7) is 5.31. The molecule has 1 spiro atoms. The van der Waals surface area contributed by atoms with Crippen LogP contribution >= 0.6 is 15.9 Å². The van der Waals surface area contributed by atoms with Gasteiger partial charge >= 0.3 is 5.97 Å². The fraction of sp³-hybridized carbons (Fsp3) is 0.429. The fourth-order valence-electron chi connectivity index (χ4n) is 7.50. The number of nitrogens with one attached hydrogen (secondary N) is 1. The zero-order valence-corrected chi connectivity index (χ0v) is 27.6. The number of fused-ring (bicyclic) bond motifs is 2. The highest BCUT2D eigenvalue weighted by molar-refractivity contribution is 9.11. The topological polar surface area (TPSA) is 125 Å². The first-order valence-electron chi connectivity index (χ1n) is 15.6. The molecule has 11 heteroatoms. The Bertz CT molecular complexity index is 1590. The average molecular weight is 693 g/mol. The van der Waals surface area contributed by atoms with Gasteiger partial charge in [-0.05, 0) is 50.0 Å². The van der Waals surface area contributed by atoms with E-state index in [4.69, 9.17) is 9.47 Å². The molecule has 4 heterocycles. The van der Waals surface area contributed by atoms with E-state index in [2.05, 4.69) is 21.2 Å². The molecule has 0 aliphatic carbocycles. The largest absolute Gasteiger partial charge is 0.455 e. The number of nitrogens with zero attached hydrogens (tertiary/aromatic N) is 2. The number of β-amino-alcohol motifs (C(OH)–C–C–N with tert-alkyl or cyclic N) is 1. The normalized spacial score (nSPS) is 32.2. The van der Waals surface area contributed by atoms with E-state index in [0.29, 0.717) is 22.2 Å². The number of esters is 1. The first-order chi connectivity index (χ1) is 22.1. The van der Waals surface area contributed by atoms with Gasteiger partial charge in [-0.2, -0.15) is 0 Å². The number of aliphatic hydroxyl groups excluding tert-OH is 1. The van der Waals surface area contributed by atoms with Crippen molar-refractivity contribution in [3.8, 4) is 0 Å². The number of amides is 3. The molecule has 0 unspecified atom stereocenters. The summed E-state index contributed by atoms with van der Waals surface area (Å²) in [6, 6.07) is 13.2. The molecule has 3 amide bonds. The molecular weight excluding hydrogens is 654 g/mol. The van der Waals surface area contributed by atoms with Gasteiger partial charge in [0.2, 0.25) is 11.8 Å². The van der Waals surface area contributed by atoms with Gasteiger partial charge < -0.3 is 29.7 Å². The number of hydrogen-bond acceptors (Lipinski definition) is 7. The third-order valence-electron chi connectivity index (χ3n) is 9.46. The molecule has 242 valence electrons. The minimum Gasteiger partial charge on any atom is -0.455 e. The van der Waals surface area contributed by atoms with E-state index >= 15 is 0 Å². The van der Waals surface area contributed by atoms with E-state index < -0.39 is 59.5 Å². The predicted molar refractivity (Wildman–Crippen MR) is 174 cm³/mol. The van der Waals surface area contributed by atoms with Crippen molar-refractivity contribution < 1.29 is 33.8 Å². The van der Waals surface area contributed by atoms with Gasteiger partial charge in [-0.25, -0.2) is 0 Å². The Labute approximate surface area is 276 Å². The van der Waals surface area contributed by atoms with Crippen LogP contribution in [0.1, 0.15) is 42.6 Å². The van der Waals surface area contributed by atoms with Crippen molar-refractivity contribution in [3.63, 3.8) is 0 Å². The quantitative estimate of drug-likeness (QED) is 0.371. The lowest BCUT2D eigenvalue weighted by molar-refractivity contribution is -0.161. The first-order valence-corrected chi connectivity index (χ1v) is 16.4. The molecule has 6 rings (SSSR count). The number of carbonyl (C=O) groups is 4. The predicted octanol–water partition coefficient (Wildman–Crippen LogP) is 3.64. The van der Waals surface area contributed by atoms with E-state index in [1.165, 1.54) is 4.90 Å². The van der Waals surface area contributed by atoms with E-state index in [0.717, 1.165) is 11.1 Å². The van der Waals surface area contributed by atoms with E-state index in [9.17, 15) is 24.3 Å². The lowest BCUT2D eigenvalue weighted by Crippen LogP contribution is -2.56. The molecule has 4 aliphatic rings. The number of aryl methyl sites for hydroxylation is 2. The number of allylic oxidation sites excluding steroid dienone is 1. The van der Waals surface area contributed by atoms with Gasteiger partial charge in [-0.3, -0.25) is 19.2 Å². The number of ether oxygens (including phenoxy) is 2. The Hall–Kier alpha value is -3.80. The monoisotopic (exact) mass is 691 g/mol. The van der Waals surface area contributed by atoms with Crippen LogP contribution in [0.5, 0.6) is 0 Å². The summed E-state index contributed by atoms with van der Waals surface area (Å²) in [5, 5.41) is 13.0. The van der Waals surface area contributed by atoms with E-state index in [1.54, 1.807) is 17.9 Å². The summed E-state index contributed by atoms with van der Waals surface area (Å²) < 4.78 is 13.3. The second-order valence-corrected chi connectivity index (χ2v) is 13.3. The highest BCUT2D eigenvalue weighted by atomic mass is 79.9.